The van der Waals surface area contributed by atoms with Gasteiger partial charge >= 0.3 is 6.18 Å². The molecule has 1 fully saturated rings. The quantitative estimate of drug-likeness (QED) is 0.433. The molecule has 36 heavy (non-hydrogen) atoms. The normalized spacial score (nSPS) is 15.5. The summed E-state index contributed by atoms with van der Waals surface area (Å²) in [6.45, 7) is 0. The van der Waals surface area contributed by atoms with E-state index >= 15 is 0 Å². The molecule has 1 aliphatic rings. The van der Waals surface area contributed by atoms with Crippen molar-refractivity contribution in [1.29, 1.82) is 5.26 Å². The van der Waals surface area contributed by atoms with E-state index in [1.807, 2.05) is 30.3 Å². The highest BCUT2D eigenvalue weighted by Gasteiger charge is 2.52. The van der Waals surface area contributed by atoms with Gasteiger partial charge in [0, 0.05) is 17.7 Å². The number of nitrogens with zero attached hydrogens (tertiary/aromatic N) is 1. The van der Waals surface area contributed by atoms with Crippen LogP contribution in [0.1, 0.15) is 41.5 Å². The molecule has 0 bridgehead atoms. The fourth-order valence-electron chi connectivity index (χ4n) is 4.13. The Morgan fingerprint density at radius 2 is 1.75 bits per heavy atom. The zero-order valence-electron chi connectivity index (χ0n) is 18.9. The molecule has 4 rings (SSSR count). The summed E-state index contributed by atoms with van der Waals surface area (Å²) in [5.41, 5.74) is -3.50. The Bertz CT molecular complexity index is 1400. The number of nitriles is 1. The summed E-state index contributed by atoms with van der Waals surface area (Å²) in [6, 6.07) is 19.6. The van der Waals surface area contributed by atoms with E-state index in [9.17, 15) is 28.2 Å². The molecule has 8 heteroatoms. The molecule has 1 saturated carbocycles. The summed E-state index contributed by atoms with van der Waals surface area (Å²) < 4.78 is 40.2. The van der Waals surface area contributed by atoms with Crippen molar-refractivity contribution in [1.82, 2.24) is 0 Å². The molecule has 0 radical (unpaired) electrons. The summed E-state index contributed by atoms with van der Waals surface area (Å²) in [5, 5.41) is 32.6. The highest BCUT2D eigenvalue weighted by molar-refractivity contribution is 6.00. The number of rotatable bonds is 5. The number of carbonyl (C=O) groups excluding carboxylic acids is 1. The number of aliphatic hydroxyl groups is 1. The van der Waals surface area contributed by atoms with E-state index in [1.54, 1.807) is 12.1 Å². The van der Waals surface area contributed by atoms with E-state index in [-0.39, 0.29) is 17.9 Å². The van der Waals surface area contributed by atoms with Gasteiger partial charge in [-0.25, -0.2) is 0 Å². The maximum Gasteiger partial charge on any atom is 0.417 e. The number of hydrogen-bond acceptors (Lipinski definition) is 4. The van der Waals surface area contributed by atoms with Crippen molar-refractivity contribution < 1.29 is 28.2 Å². The molecular weight excluding hydrogens is 469 g/mol. The molecule has 0 aromatic heterocycles. The van der Waals surface area contributed by atoms with E-state index in [0.29, 0.717) is 24.5 Å². The fourth-order valence-corrected chi connectivity index (χ4v) is 4.13. The van der Waals surface area contributed by atoms with Gasteiger partial charge in [-0.3, -0.25) is 4.79 Å². The Kier molecular flexibility index (Phi) is 6.49. The third kappa shape index (κ3) is 5.35. The average Bonchev–Trinajstić information content (AvgIpc) is 3.63. The standard InChI is InChI=1S/C28H21F3N2O3/c29-28(30,31)24-16-22(10-9-20(24)17-32)33-25(35)27(36,12-11-19-5-4-8-23(34)15-19)18-26(13-14-26)21-6-2-1-3-7-21/h1-10,15-16,34,36H,13-14,18H2,(H,33,35). The van der Waals surface area contributed by atoms with Crippen LogP contribution in [0.3, 0.4) is 0 Å². The van der Waals surface area contributed by atoms with E-state index in [0.717, 1.165) is 11.6 Å². The predicted molar refractivity (Wildman–Crippen MR) is 127 cm³/mol. The van der Waals surface area contributed by atoms with Crippen LogP contribution < -0.4 is 5.32 Å². The molecule has 3 aromatic carbocycles. The van der Waals surface area contributed by atoms with Crippen molar-refractivity contribution in [2.45, 2.75) is 36.5 Å². The van der Waals surface area contributed by atoms with Gasteiger partial charge in [-0.15, -0.1) is 0 Å². The first-order valence-electron chi connectivity index (χ1n) is 11.1. The molecule has 0 aliphatic heterocycles. The van der Waals surface area contributed by atoms with E-state index in [2.05, 4.69) is 17.2 Å². The smallest absolute Gasteiger partial charge is 0.417 e. The molecule has 3 N–H and O–H groups in total. The predicted octanol–water partition coefficient (Wildman–Crippen LogP) is 5.13. The first-order valence-corrected chi connectivity index (χ1v) is 11.1. The van der Waals surface area contributed by atoms with Crippen molar-refractivity contribution in [3.63, 3.8) is 0 Å². The number of halogens is 3. The van der Waals surface area contributed by atoms with Crippen LogP contribution in [0.5, 0.6) is 5.75 Å². The van der Waals surface area contributed by atoms with Crippen molar-refractivity contribution >= 4 is 11.6 Å². The Hall–Kier alpha value is -4.27. The zero-order chi connectivity index (χ0) is 26.0. The molecule has 0 saturated heterocycles. The van der Waals surface area contributed by atoms with Crippen LogP contribution in [0.25, 0.3) is 0 Å². The monoisotopic (exact) mass is 490 g/mol. The van der Waals surface area contributed by atoms with Gasteiger partial charge in [0.05, 0.1) is 17.2 Å². The van der Waals surface area contributed by atoms with Crippen molar-refractivity contribution in [3.05, 3.63) is 95.1 Å². The second-order valence-electron chi connectivity index (χ2n) is 8.81. The Balaban J connectivity index is 1.70. The highest BCUT2D eigenvalue weighted by atomic mass is 19.4. The number of hydrogen-bond donors (Lipinski definition) is 3. The second-order valence-corrected chi connectivity index (χ2v) is 8.81. The van der Waals surface area contributed by atoms with Crippen LogP contribution >= 0.6 is 0 Å². The maximum atomic E-state index is 13.4. The van der Waals surface area contributed by atoms with Crippen LogP contribution in [-0.4, -0.2) is 21.7 Å². The van der Waals surface area contributed by atoms with Gasteiger partial charge in [0.25, 0.3) is 5.91 Å². The number of phenolic OH excluding ortho intramolecular Hbond substituents is 1. The average molecular weight is 490 g/mol. The first kappa shape index (κ1) is 24.8. The Morgan fingerprint density at radius 3 is 2.36 bits per heavy atom. The fraction of sp³-hybridized carbons (Fsp3) is 0.214. The maximum absolute atomic E-state index is 13.4. The zero-order valence-corrected chi connectivity index (χ0v) is 18.9. The number of benzene rings is 3. The SMILES string of the molecule is N#Cc1ccc(NC(=O)C(O)(C#Cc2cccc(O)c2)CC2(c3ccccc3)CC2)cc1C(F)(F)F. The summed E-state index contributed by atoms with van der Waals surface area (Å²) in [6.07, 6.45) is -3.47. The van der Waals surface area contributed by atoms with Gasteiger partial charge in [-0.1, -0.05) is 48.2 Å². The molecule has 3 aromatic rings. The third-order valence-corrected chi connectivity index (χ3v) is 6.17. The molecule has 0 spiro atoms. The van der Waals surface area contributed by atoms with Crippen molar-refractivity contribution in [2.75, 3.05) is 5.32 Å². The molecule has 1 atom stereocenters. The topological polar surface area (TPSA) is 93.4 Å². The number of anilines is 1. The lowest BCUT2D eigenvalue weighted by Gasteiger charge is -2.27. The molecule has 0 heterocycles. The lowest BCUT2D eigenvalue weighted by atomic mass is 9.82. The Labute approximate surface area is 205 Å². The molecule has 5 nitrogen and oxygen atoms in total. The van der Waals surface area contributed by atoms with E-state index in [1.165, 1.54) is 24.3 Å². The van der Waals surface area contributed by atoms with Gasteiger partial charge in [0.1, 0.15) is 5.75 Å². The van der Waals surface area contributed by atoms with Crippen molar-refractivity contribution in [3.8, 4) is 23.7 Å². The number of alkyl halides is 3. The minimum Gasteiger partial charge on any atom is -0.508 e. The summed E-state index contributed by atoms with van der Waals surface area (Å²) in [4.78, 5) is 13.3. The summed E-state index contributed by atoms with van der Waals surface area (Å²) in [7, 11) is 0. The third-order valence-electron chi connectivity index (χ3n) is 6.17. The van der Waals surface area contributed by atoms with Gasteiger partial charge < -0.3 is 15.5 Å². The van der Waals surface area contributed by atoms with Gasteiger partial charge in [-0.2, -0.15) is 18.4 Å². The van der Waals surface area contributed by atoms with Crippen LogP contribution in [0.15, 0.2) is 72.8 Å². The molecule has 182 valence electrons. The van der Waals surface area contributed by atoms with Crippen molar-refractivity contribution in [2.24, 2.45) is 0 Å². The lowest BCUT2D eigenvalue weighted by molar-refractivity contribution is -0.137. The van der Waals surface area contributed by atoms with Crippen LogP contribution in [0, 0.1) is 23.2 Å². The minimum absolute atomic E-state index is 0.0463. The summed E-state index contributed by atoms with van der Waals surface area (Å²) >= 11 is 0. The minimum atomic E-state index is -4.80. The number of carbonyl (C=O) groups is 1. The van der Waals surface area contributed by atoms with Crippen LogP contribution in [0.2, 0.25) is 0 Å². The van der Waals surface area contributed by atoms with Gasteiger partial charge in [0.2, 0.25) is 5.60 Å². The van der Waals surface area contributed by atoms with E-state index in [4.69, 9.17) is 5.26 Å². The van der Waals surface area contributed by atoms with E-state index < -0.39 is 34.2 Å². The molecule has 1 unspecified atom stereocenters. The lowest BCUT2D eigenvalue weighted by Crippen LogP contribution is -2.44. The molecule has 1 amide bonds. The summed E-state index contributed by atoms with van der Waals surface area (Å²) in [5.74, 6) is 4.27. The Morgan fingerprint density at radius 1 is 1.03 bits per heavy atom. The van der Waals surface area contributed by atoms with Gasteiger partial charge in [0.15, 0.2) is 0 Å². The van der Waals surface area contributed by atoms with Gasteiger partial charge in [-0.05, 0) is 60.2 Å². The number of phenols is 1. The molecular formula is C28H21F3N2O3. The largest absolute Gasteiger partial charge is 0.508 e. The number of aromatic hydroxyl groups is 1. The number of amides is 1. The van der Waals surface area contributed by atoms with Crippen LogP contribution in [0.4, 0.5) is 18.9 Å². The van der Waals surface area contributed by atoms with Crippen LogP contribution in [-0.2, 0) is 16.4 Å². The molecule has 1 aliphatic carbocycles. The second kappa shape index (κ2) is 9.41. The first-order chi connectivity index (χ1) is 17.0. The highest BCUT2D eigenvalue weighted by Crippen LogP contribution is 2.53. The number of nitrogens with one attached hydrogen (secondary N) is 1.